The van der Waals surface area contributed by atoms with Gasteiger partial charge < -0.3 is 24.4 Å². The third-order valence-electron chi connectivity index (χ3n) is 4.37. The van der Waals surface area contributed by atoms with Gasteiger partial charge >= 0.3 is 6.01 Å². The van der Waals surface area contributed by atoms with Gasteiger partial charge in [-0.2, -0.15) is 4.98 Å². The van der Waals surface area contributed by atoms with E-state index in [1.54, 1.807) is 10.8 Å². The Morgan fingerprint density at radius 3 is 2.80 bits per heavy atom. The summed E-state index contributed by atoms with van der Waals surface area (Å²) in [5.74, 6) is 0. The Morgan fingerprint density at radius 1 is 1.24 bits per heavy atom. The molecule has 1 aromatic heterocycles. The van der Waals surface area contributed by atoms with Crippen LogP contribution in [0.25, 0.3) is 0 Å². The van der Waals surface area contributed by atoms with E-state index in [0.717, 1.165) is 5.56 Å². The maximum absolute atomic E-state index is 12.1. The highest BCUT2D eigenvalue weighted by Gasteiger charge is 2.51. The standard InChI is InChI=1S/C17H18N2O6/c20-7-12-13(21)14-16(24-12)19-6-11(15(22)18-17(19)25-14)9-23-8-10-4-2-1-3-5-10/h1-6,12-14,16,20-21H,7-9H2/t12-,13-,14+,16-/m1/s1. The highest BCUT2D eigenvalue weighted by Crippen LogP contribution is 2.38. The van der Waals surface area contributed by atoms with Gasteiger partial charge in [0.2, 0.25) is 0 Å². The van der Waals surface area contributed by atoms with Crippen molar-refractivity contribution in [2.24, 2.45) is 0 Å². The van der Waals surface area contributed by atoms with Crippen LogP contribution in [0.3, 0.4) is 0 Å². The Labute approximate surface area is 143 Å². The van der Waals surface area contributed by atoms with Crippen LogP contribution < -0.4 is 10.3 Å². The Hall–Kier alpha value is -2.26. The maximum atomic E-state index is 12.1. The van der Waals surface area contributed by atoms with E-state index in [1.807, 2.05) is 30.3 Å². The average molecular weight is 346 g/mol. The van der Waals surface area contributed by atoms with Crippen LogP contribution in [0.5, 0.6) is 6.01 Å². The van der Waals surface area contributed by atoms with Crippen LogP contribution in [0.2, 0.25) is 0 Å². The van der Waals surface area contributed by atoms with E-state index < -0.39 is 30.1 Å². The van der Waals surface area contributed by atoms with Crippen LogP contribution in [0.4, 0.5) is 0 Å². The summed E-state index contributed by atoms with van der Waals surface area (Å²) >= 11 is 0. The molecule has 1 aromatic carbocycles. The largest absolute Gasteiger partial charge is 0.453 e. The monoisotopic (exact) mass is 346 g/mol. The number of ether oxygens (including phenoxy) is 3. The topological polar surface area (TPSA) is 103 Å². The molecule has 4 rings (SSSR count). The number of aromatic nitrogens is 2. The lowest BCUT2D eigenvalue weighted by Crippen LogP contribution is -2.34. The predicted octanol–water partition coefficient (Wildman–Crippen LogP) is -0.0283. The SMILES string of the molecule is O=c1nc2n(cc1COCc1ccccc1)[C@@H]1O[C@H](CO)[C@@H](O)[C@@H]1O2. The van der Waals surface area contributed by atoms with Gasteiger partial charge in [-0.3, -0.25) is 9.36 Å². The lowest BCUT2D eigenvalue weighted by atomic mass is 10.1. The summed E-state index contributed by atoms with van der Waals surface area (Å²) in [6, 6.07) is 9.74. The number of benzene rings is 1. The van der Waals surface area contributed by atoms with Crippen molar-refractivity contribution in [3.8, 4) is 6.01 Å². The molecule has 0 spiro atoms. The van der Waals surface area contributed by atoms with E-state index in [0.29, 0.717) is 12.2 Å². The Bertz CT molecular complexity index is 809. The van der Waals surface area contributed by atoms with Crippen LogP contribution in [0.1, 0.15) is 17.4 Å². The molecule has 2 aliphatic rings. The molecule has 0 aliphatic carbocycles. The van der Waals surface area contributed by atoms with Crippen molar-refractivity contribution in [2.45, 2.75) is 37.8 Å². The highest BCUT2D eigenvalue weighted by molar-refractivity contribution is 5.17. The van der Waals surface area contributed by atoms with Crippen LogP contribution >= 0.6 is 0 Å². The van der Waals surface area contributed by atoms with Crippen molar-refractivity contribution in [3.05, 3.63) is 58.0 Å². The number of aliphatic hydroxyl groups is 2. The van der Waals surface area contributed by atoms with Crippen LogP contribution in [-0.2, 0) is 22.7 Å². The van der Waals surface area contributed by atoms with Crippen LogP contribution in [0, 0.1) is 0 Å². The lowest BCUT2D eigenvalue weighted by molar-refractivity contribution is -0.0436. The Morgan fingerprint density at radius 2 is 2.04 bits per heavy atom. The minimum absolute atomic E-state index is 0.0993. The molecule has 2 N–H and O–H groups in total. The van der Waals surface area contributed by atoms with Gasteiger partial charge in [0.05, 0.1) is 25.4 Å². The first-order chi connectivity index (χ1) is 12.2. The number of hydrogen-bond donors (Lipinski definition) is 2. The molecule has 8 nitrogen and oxygen atoms in total. The second kappa shape index (κ2) is 6.57. The quantitative estimate of drug-likeness (QED) is 0.784. The lowest BCUT2D eigenvalue weighted by Gasteiger charge is -2.14. The summed E-state index contributed by atoms with van der Waals surface area (Å²) in [4.78, 5) is 16.0. The van der Waals surface area contributed by atoms with Gasteiger partial charge in [0, 0.05) is 6.20 Å². The van der Waals surface area contributed by atoms with E-state index in [-0.39, 0.29) is 19.2 Å². The van der Waals surface area contributed by atoms with Crippen molar-refractivity contribution in [2.75, 3.05) is 6.61 Å². The zero-order chi connectivity index (χ0) is 17.4. The number of fused-ring (bicyclic) bond motifs is 3. The third-order valence-corrected chi connectivity index (χ3v) is 4.37. The molecule has 0 bridgehead atoms. The first-order valence-corrected chi connectivity index (χ1v) is 8.02. The molecule has 4 atom stereocenters. The van der Waals surface area contributed by atoms with E-state index in [9.17, 15) is 15.0 Å². The zero-order valence-corrected chi connectivity index (χ0v) is 13.3. The number of nitrogens with zero attached hydrogens (tertiary/aromatic N) is 2. The summed E-state index contributed by atoms with van der Waals surface area (Å²) in [7, 11) is 0. The summed E-state index contributed by atoms with van der Waals surface area (Å²) in [6.45, 7) is 0.171. The molecule has 1 saturated heterocycles. The van der Waals surface area contributed by atoms with Gasteiger partial charge in [0.15, 0.2) is 12.3 Å². The van der Waals surface area contributed by atoms with E-state index >= 15 is 0 Å². The Kier molecular flexibility index (Phi) is 4.26. The fourth-order valence-corrected chi connectivity index (χ4v) is 3.06. The van der Waals surface area contributed by atoms with Crippen LogP contribution in [0.15, 0.2) is 41.3 Å². The fraction of sp³-hybridized carbons (Fsp3) is 0.412. The molecule has 0 unspecified atom stereocenters. The molecule has 132 valence electrons. The first-order valence-electron chi connectivity index (χ1n) is 8.02. The highest BCUT2D eigenvalue weighted by atomic mass is 16.6. The molecule has 2 aromatic rings. The molecule has 0 amide bonds. The second-order valence-corrected chi connectivity index (χ2v) is 6.06. The molecular formula is C17H18N2O6. The minimum Gasteiger partial charge on any atom is -0.453 e. The normalized spacial score (nSPS) is 27.0. The average Bonchev–Trinajstić information content (AvgIpc) is 3.12. The molecule has 25 heavy (non-hydrogen) atoms. The van der Waals surface area contributed by atoms with Crippen molar-refractivity contribution in [3.63, 3.8) is 0 Å². The molecule has 1 fully saturated rings. The molecule has 0 radical (unpaired) electrons. The molecule has 8 heteroatoms. The number of hydrogen-bond acceptors (Lipinski definition) is 7. The zero-order valence-electron chi connectivity index (χ0n) is 13.3. The molecular weight excluding hydrogens is 328 g/mol. The predicted molar refractivity (Wildman–Crippen MR) is 84.9 cm³/mol. The molecule has 3 heterocycles. The van der Waals surface area contributed by atoms with Crippen molar-refractivity contribution in [1.29, 1.82) is 0 Å². The van der Waals surface area contributed by atoms with Gasteiger partial charge in [-0.25, -0.2) is 0 Å². The molecule has 0 saturated carbocycles. The van der Waals surface area contributed by atoms with Crippen molar-refractivity contribution >= 4 is 0 Å². The van der Waals surface area contributed by atoms with Crippen molar-refractivity contribution in [1.82, 2.24) is 9.55 Å². The third kappa shape index (κ3) is 2.93. The van der Waals surface area contributed by atoms with Gasteiger partial charge in [-0.05, 0) is 5.56 Å². The van der Waals surface area contributed by atoms with E-state index in [1.165, 1.54) is 0 Å². The summed E-state index contributed by atoms with van der Waals surface area (Å²) in [6.07, 6.45) is -1.44. The smallest absolute Gasteiger partial charge is 0.302 e. The first kappa shape index (κ1) is 16.2. The summed E-state index contributed by atoms with van der Waals surface area (Å²) in [5, 5.41) is 19.3. The Balaban J connectivity index is 1.49. The van der Waals surface area contributed by atoms with Crippen LogP contribution in [-0.4, -0.2) is 44.7 Å². The summed E-state index contributed by atoms with van der Waals surface area (Å²) < 4.78 is 18.3. The van der Waals surface area contributed by atoms with Gasteiger partial charge in [-0.15, -0.1) is 0 Å². The minimum atomic E-state index is -0.982. The molecule has 2 aliphatic heterocycles. The summed E-state index contributed by atoms with van der Waals surface area (Å²) in [5.41, 5.74) is 0.940. The van der Waals surface area contributed by atoms with Gasteiger partial charge in [-0.1, -0.05) is 30.3 Å². The van der Waals surface area contributed by atoms with E-state index in [2.05, 4.69) is 4.98 Å². The van der Waals surface area contributed by atoms with Crippen molar-refractivity contribution < 1.29 is 24.4 Å². The number of aliphatic hydroxyl groups excluding tert-OH is 2. The second-order valence-electron chi connectivity index (χ2n) is 6.06. The number of rotatable bonds is 5. The van der Waals surface area contributed by atoms with Gasteiger partial charge in [0.25, 0.3) is 5.56 Å². The van der Waals surface area contributed by atoms with E-state index in [4.69, 9.17) is 14.2 Å². The fourth-order valence-electron chi connectivity index (χ4n) is 3.06. The van der Waals surface area contributed by atoms with Gasteiger partial charge in [0.1, 0.15) is 12.2 Å². The maximum Gasteiger partial charge on any atom is 0.302 e.